The van der Waals surface area contributed by atoms with Crippen LogP contribution in [0.5, 0.6) is 0 Å². The maximum absolute atomic E-state index is 5.12. The van der Waals surface area contributed by atoms with Crippen LogP contribution in [0.4, 0.5) is 0 Å². The van der Waals surface area contributed by atoms with Crippen molar-refractivity contribution < 1.29 is 4.42 Å². The molecule has 0 aromatic carbocycles. The van der Waals surface area contributed by atoms with Crippen molar-refractivity contribution in [2.24, 2.45) is 5.41 Å². The Morgan fingerprint density at radius 1 is 1.45 bits per heavy atom. The summed E-state index contributed by atoms with van der Waals surface area (Å²) in [5.74, 6) is 0.847. The van der Waals surface area contributed by atoms with Gasteiger partial charge in [0.15, 0.2) is 5.89 Å². The molecule has 2 nitrogen and oxygen atoms in total. The number of oxazole rings is 1. The first kappa shape index (κ1) is 8.31. The van der Waals surface area contributed by atoms with Gasteiger partial charge in [-0.25, -0.2) is 4.98 Å². The van der Waals surface area contributed by atoms with E-state index in [0.717, 1.165) is 18.7 Å². The van der Waals surface area contributed by atoms with Crippen LogP contribution in [-0.4, -0.2) is 4.98 Å². The number of rotatable bonds is 2. The molecule has 0 bridgehead atoms. The van der Waals surface area contributed by atoms with Crippen molar-refractivity contribution in [3.63, 3.8) is 0 Å². The van der Waals surface area contributed by atoms with Gasteiger partial charge in [0, 0.05) is 6.42 Å². The minimum Gasteiger partial charge on any atom is -0.449 e. The molecule has 0 aliphatic heterocycles. The lowest BCUT2D eigenvalue weighted by Crippen LogP contribution is -2.06. The maximum atomic E-state index is 5.12. The van der Waals surface area contributed by atoms with Crippen LogP contribution in [0.15, 0.2) is 16.9 Å². The predicted octanol–water partition coefficient (Wildman–Crippen LogP) is 2.65. The van der Waals surface area contributed by atoms with E-state index in [2.05, 4.69) is 25.8 Å². The monoisotopic (exact) mass is 153 g/mol. The van der Waals surface area contributed by atoms with Gasteiger partial charge >= 0.3 is 0 Å². The molecule has 1 rings (SSSR count). The SMILES string of the molecule is CC(C)(C)CCc1ncco1. The Morgan fingerprint density at radius 2 is 2.18 bits per heavy atom. The molecule has 11 heavy (non-hydrogen) atoms. The van der Waals surface area contributed by atoms with Crippen LogP contribution in [0.2, 0.25) is 0 Å². The molecule has 62 valence electrons. The zero-order valence-corrected chi connectivity index (χ0v) is 7.42. The molecule has 0 aliphatic rings. The normalized spacial score (nSPS) is 11.9. The molecule has 0 amide bonds. The quantitative estimate of drug-likeness (QED) is 0.652. The number of hydrogen-bond donors (Lipinski definition) is 0. The van der Waals surface area contributed by atoms with E-state index < -0.39 is 0 Å². The topological polar surface area (TPSA) is 26.0 Å². The lowest BCUT2D eigenvalue weighted by atomic mass is 9.91. The zero-order chi connectivity index (χ0) is 8.32. The van der Waals surface area contributed by atoms with Crippen molar-refractivity contribution in [2.75, 3.05) is 0 Å². The molecule has 1 aromatic rings. The van der Waals surface area contributed by atoms with Gasteiger partial charge in [-0.3, -0.25) is 0 Å². The lowest BCUT2D eigenvalue weighted by Gasteiger charge is -2.15. The second-order valence-electron chi connectivity index (χ2n) is 3.99. The van der Waals surface area contributed by atoms with Gasteiger partial charge in [0.1, 0.15) is 6.26 Å². The van der Waals surface area contributed by atoms with Crippen LogP contribution in [0.3, 0.4) is 0 Å². The van der Waals surface area contributed by atoms with Crippen LogP contribution >= 0.6 is 0 Å². The molecule has 1 heterocycles. The first-order valence-corrected chi connectivity index (χ1v) is 3.96. The fraction of sp³-hybridized carbons (Fsp3) is 0.667. The highest BCUT2D eigenvalue weighted by Crippen LogP contribution is 2.20. The molecular formula is C9H15NO. The van der Waals surface area contributed by atoms with E-state index >= 15 is 0 Å². The first-order valence-electron chi connectivity index (χ1n) is 3.96. The van der Waals surface area contributed by atoms with Gasteiger partial charge < -0.3 is 4.42 Å². The van der Waals surface area contributed by atoms with Gasteiger partial charge in [-0.15, -0.1) is 0 Å². The van der Waals surface area contributed by atoms with Gasteiger partial charge in [0.05, 0.1) is 6.20 Å². The molecule has 0 saturated carbocycles. The molecule has 0 atom stereocenters. The van der Waals surface area contributed by atoms with Gasteiger partial charge in [-0.2, -0.15) is 0 Å². The smallest absolute Gasteiger partial charge is 0.193 e. The van der Waals surface area contributed by atoms with Crippen molar-refractivity contribution in [3.05, 3.63) is 18.4 Å². The van der Waals surface area contributed by atoms with E-state index in [0.29, 0.717) is 5.41 Å². The Bertz CT molecular complexity index is 196. The summed E-state index contributed by atoms with van der Waals surface area (Å²) in [5, 5.41) is 0. The Morgan fingerprint density at radius 3 is 2.64 bits per heavy atom. The number of aromatic nitrogens is 1. The minimum absolute atomic E-state index is 0.370. The molecule has 2 heteroatoms. The van der Waals surface area contributed by atoms with Crippen molar-refractivity contribution in [1.82, 2.24) is 4.98 Å². The molecule has 0 aliphatic carbocycles. The fourth-order valence-electron chi connectivity index (χ4n) is 0.858. The summed E-state index contributed by atoms with van der Waals surface area (Å²) in [4.78, 5) is 4.05. The third-order valence-electron chi connectivity index (χ3n) is 1.57. The standard InChI is InChI=1S/C9H15NO/c1-9(2,3)5-4-8-10-6-7-11-8/h6-7H,4-5H2,1-3H3. The summed E-state index contributed by atoms with van der Waals surface area (Å²) >= 11 is 0. The van der Waals surface area contributed by atoms with E-state index in [9.17, 15) is 0 Å². The van der Waals surface area contributed by atoms with Crippen molar-refractivity contribution >= 4 is 0 Å². The molecule has 0 unspecified atom stereocenters. The molecule has 0 radical (unpaired) electrons. The summed E-state index contributed by atoms with van der Waals surface area (Å²) in [6.45, 7) is 6.65. The van der Waals surface area contributed by atoms with E-state index in [4.69, 9.17) is 4.42 Å². The van der Waals surface area contributed by atoms with E-state index in [1.807, 2.05) is 0 Å². The van der Waals surface area contributed by atoms with Crippen molar-refractivity contribution in [3.8, 4) is 0 Å². The van der Waals surface area contributed by atoms with Crippen LogP contribution in [0.25, 0.3) is 0 Å². The van der Waals surface area contributed by atoms with Crippen LogP contribution in [0, 0.1) is 5.41 Å². The second-order valence-corrected chi connectivity index (χ2v) is 3.99. The molecule has 0 fully saturated rings. The minimum atomic E-state index is 0.370. The number of aryl methyl sites for hydroxylation is 1. The van der Waals surface area contributed by atoms with Crippen LogP contribution in [-0.2, 0) is 6.42 Å². The highest BCUT2D eigenvalue weighted by molar-refractivity contribution is 4.81. The summed E-state index contributed by atoms with van der Waals surface area (Å²) in [5.41, 5.74) is 0.370. The fourth-order valence-corrected chi connectivity index (χ4v) is 0.858. The summed E-state index contributed by atoms with van der Waals surface area (Å²) in [6.07, 6.45) is 5.38. The summed E-state index contributed by atoms with van der Waals surface area (Å²) < 4.78 is 5.12. The van der Waals surface area contributed by atoms with Gasteiger partial charge in [0.2, 0.25) is 0 Å². The average molecular weight is 153 g/mol. The summed E-state index contributed by atoms with van der Waals surface area (Å²) in [7, 11) is 0. The van der Waals surface area contributed by atoms with E-state index in [-0.39, 0.29) is 0 Å². The number of hydrogen-bond acceptors (Lipinski definition) is 2. The first-order chi connectivity index (χ1) is 5.08. The third-order valence-corrected chi connectivity index (χ3v) is 1.57. The second kappa shape index (κ2) is 3.07. The van der Waals surface area contributed by atoms with Gasteiger partial charge in [0.25, 0.3) is 0 Å². The van der Waals surface area contributed by atoms with Crippen LogP contribution in [0.1, 0.15) is 33.1 Å². The molecule has 0 saturated heterocycles. The van der Waals surface area contributed by atoms with Crippen LogP contribution < -0.4 is 0 Å². The third kappa shape index (κ3) is 3.21. The number of nitrogens with zero attached hydrogens (tertiary/aromatic N) is 1. The highest BCUT2D eigenvalue weighted by atomic mass is 16.3. The largest absolute Gasteiger partial charge is 0.449 e. The van der Waals surface area contributed by atoms with Crippen molar-refractivity contribution in [1.29, 1.82) is 0 Å². The lowest BCUT2D eigenvalue weighted by molar-refractivity contribution is 0.355. The molecule has 1 aromatic heterocycles. The Hall–Kier alpha value is -0.790. The van der Waals surface area contributed by atoms with Gasteiger partial charge in [-0.05, 0) is 11.8 Å². The Kier molecular flexibility index (Phi) is 2.32. The highest BCUT2D eigenvalue weighted by Gasteiger charge is 2.11. The summed E-state index contributed by atoms with van der Waals surface area (Å²) in [6, 6.07) is 0. The van der Waals surface area contributed by atoms with E-state index in [1.165, 1.54) is 0 Å². The zero-order valence-electron chi connectivity index (χ0n) is 7.42. The Balaban J connectivity index is 2.35. The molecular weight excluding hydrogens is 138 g/mol. The molecule has 0 spiro atoms. The Labute approximate surface area is 67.6 Å². The predicted molar refractivity (Wildman–Crippen MR) is 44.3 cm³/mol. The maximum Gasteiger partial charge on any atom is 0.193 e. The van der Waals surface area contributed by atoms with Gasteiger partial charge in [-0.1, -0.05) is 20.8 Å². The average Bonchev–Trinajstić information content (AvgIpc) is 2.32. The van der Waals surface area contributed by atoms with Crippen molar-refractivity contribution in [2.45, 2.75) is 33.6 Å². The van der Waals surface area contributed by atoms with E-state index in [1.54, 1.807) is 12.5 Å². The molecule has 0 N–H and O–H groups in total.